The largest absolute Gasteiger partial charge is 0.492 e. The average molecular weight is 559 g/mol. The second-order valence-electron chi connectivity index (χ2n) is 7.70. The first-order chi connectivity index (χ1) is 17.4. The van der Waals surface area contributed by atoms with Gasteiger partial charge in [0.1, 0.15) is 5.82 Å². The number of rotatable bonds is 7. The van der Waals surface area contributed by atoms with Crippen LogP contribution in [0.15, 0.2) is 54.8 Å². The zero-order chi connectivity index (χ0) is 25.2. The Morgan fingerprint density at radius 3 is 2.92 bits per heavy atom. The van der Waals surface area contributed by atoms with Gasteiger partial charge >= 0.3 is 12.9 Å². The monoisotopic (exact) mass is 558 g/mol. The topological polar surface area (TPSA) is 158 Å². The summed E-state index contributed by atoms with van der Waals surface area (Å²) in [6, 6.07) is 9.18. The molecular formula is C21H17BBrFN6O6. The van der Waals surface area contributed by atoms with Crippen molar-refractivity contribution in [2.45, 2.75) is 6.42 Å². The fraction of sp³-hybridized carbons (Fsp3) is 0.190. The number of anilines is 1. The first kappa shape index (κ1) is 23.9. The van der Waals surface area contributed by atoms with Gasteiger partial charge in [-0.2, -0.15) is 0 Å². The molecule has 0 aliphatic carbocycles. The van der Waals surface area contributed by atoms with E-state index < -0.39 is 18.7 Å². The van der Waals surface area contributed by atoms with Gasteiger partial charge < -0.3 is 20.3 Å². The van der Waals surface area contributed by atoms with Crippen molar-refractivity contribution in [2.24, 2.45) is 0 Å². The number of carbonyl (C=O) groups excluding carboxylic acids is 1. The summed E-state index contributed by atoms with van der Waals surface area (Å²) >= 11 is 3.08. The summed E-state index contributed by atoms with van der Waals surface area (Å²) in [6.07, 6.45) is 0.610. The number of aromatic nitrogens is 4. The maximum absolute atomic E-state index is 13.7. The smallest absolute Gasteiger partial charge is 0.423 e. The molecule has 5 rings (SSSR count). The van der Waals surface area contributed by atoms with Crippen LogP contribution in [0.3, 0.4) is 0 Å². The van der Waals surface area contributed by atoms with Crippen molar-refractivity contribution >= 4 is 40.2 Å². The molecular weight excluding hydrogens is 542 g/mol. The maximum Gasteiger partial charge on any atom is 0.492 e. The highest BCUT2D eigenvalue weighted by Gasteiger charge is 2.30. The Kier molecular flexibility index (Phi) is 6.67. The first-order valence-electron chi connectivity index (χ1n) is 10.7. The first-order valence-corrected chi connectivity index (χ1v) is 11.5. The van der Waals surface area contributed by atoms with Crippen LogP contribution in [0, 0.1) is 5.82 Å². The molecule has 0 bridgehead atoms. The van der Waals surface area contributed by atoms with Crippen LogP contribution in [-0.4, -0.2) is 57.8 Å². The third-order valence-electron chi connectivity index (χ3n) is 5.50. The minimum atomic E-state index is -1.15. The predicted octanol–water partition coefficient (Wildman–Crippen LogP) is 0.879. The summed E-state index contributed by atoms with van der Waals surface area (Å²) in [5, 5.41) is 27.2. The predicted molar refractivity (Wildman–Crippen MR) is 128 cm³/mol. The van der Waals surface area contributed by atoms with Crippen LogP contribution in [0.25, 0.3) is 17.2 Å². The number of nitrogens with one attached hydrogen (secondary N) is 2. The van der Waals surface area contributed by atoms with Crippen LogP contribution < -0.4 is 21.9 Å². The lowest BCUT2D eigenvalue weighted by molar-refractivity contribution is 0.0955. The Morgan fingerprint density at radius 2 is 2.08 bits per heavy atom. The standard InChI is InChI=1S/C21H17BBrFN6O6/c23-14-10-12(4-5-15(14)24)30-19(29-35-21(30)32)17-18(28-36-27-17)25-7-8-26-20(31)13-3-1-2-11-6-9-34-22(33)16(11)13/h1-5,10,33H,6-9H2,(H,25,28)(H,26,31). The van der Waals surface area contributed by atoms with Crippen molar-refractivity contribution in [3.63, 3.8) is 0 Å². The van der Waals surface area contributed by atoms with Gasteiger partial charge in [0.2, 0.25) is 11.6 Å². The van der Waals surface area contributed by atoms with E-state index in [0.29, 0.717) is 24.1 Å². The highest BCUT2D eigenvalue weighted by atomic mass is 79.9. The molecule has 2 aromatic heterocycles. The second kappa shape index (κ2) is 10.0. The normalized spacial score (nSPS) is 12.9. The fourth-order valence-electron chi connectivity index (χ4n) is 3.84. The molecule has 1 aliphatic rings. The van der Waals surface area contributed by atoms with Gasteiger partial charge in [-0.3, -0.25) is 9.32 Å². The second-order valence-corrected chi connectivity index (χ2v) is 8.56. The SMILES string of the molecule is O=C(NCCNc1nonc1-c1noc(=O)n1-c1ccc(F)c(Br)c1)c1cccc2c1B(O)OCC2. The molecule has 3 N–H and O–H groups in total. The number of fused-ring (bicyclic) bond motifs is 1. The summed E-state index contributed by atoms with van der Waals surface area (Å²) in [7, 11) is -1.15. The third-order valence-corrected chi connectivity index (χ3v) is 6.11. The van der Waals surface area contributed by atoms with Crippen molar-refractivity contribution in [2.75, 3.05) is 25.0 Å². The van der Waals surface area contributed by atoms with Crippen molar-refractivity contribution in [3.8, 4) is 17.2 Å². The molecule has 15 heteroatoms. The summed E-state index contributed by atoms with van der Waals surface area (Å²) in [5.41, 5.74) is 2.02. The summed E-state index contributed by atoms with van der Waals surface area (Å²) < 4.78 is 29.7. The average Bonchev–Trinajstić information content (AvgIpc) is 3.49. The van der Waals surface area contributed by atoms with Crippen LogP contribution in [0.2, 0.25) is 0 Å². The van der Waals surface area contributed by atoms with Crippen LogP contribution in [-0.2, 0) is 11.1 Å². The molecule has 0 unspecified atom stereocenters. The van der Waals surface area contributed by atoms with E-state index >= 15 is 0 Å². The molecule has 12 nitrogen and oxygen atoms in total. The van der Waals surface area contributed by atoms with E-state index in [4.69, 9.17) is 13.8 Å². The molecule has 1 aliphatic heterocycles. The highest BCUT2D eigenvalue weighted by molar-refractivity contribution is 9.10. The zero-order valence-corrected chi connectivity index (χ0v) is 20.0. The van der Waals surface area contributed by atoms with Crippen LogP contribution in [0.1, 0.15) is 15.9 Å². The van der Waals surface area contributed by atoms with E-state index in [1.165, 1.54) is 18.2 Å². The Labute approximate surface area is 210 Å². The lowest BCUT2D eigenvalue weighted by atomic mass is 9.70. The van der Waals surface area contributed by atoms with Crippen molar-refractivity contribution in [3.05, 3.63) is 68.4 Å². The van der Waals surface area contributed by atoms with Gasteiger partial charge in [-0.05, 0) is 68.0 Å². The molecule has 2 aromatic carbocycles. The number of hydrogen-bond donors (Lipinski definition) is 3. The molecule has 0 saturated carbocycles. The number of nitrogens with zero attached hydrogens (tertiary/aromatic N) is 4. The van der Waals surface area contributed by atoms with E-state index in [0.717, 1.165) is 10.1 Å². The third kappa shape index (κ3) is 4.55. The van der Waals surface area contributed by atoms with Gasteiger partial charge in [-0.25, -0.2) is 18.4 Å². The minimum absolute atomic E-state index is 0.0174. The summed E-state index contributed by atoms with van der Waals surface area (Å²) in [4.78, 5) is 25.0. The molecule has 0 fully saturated rings. The summed E-state index contributed by atoms with van der Waals surface area (Å²) in [6.45, 7) is 0.780. The van der Waals surface area contributed by atoms with Crippen molar-refractivity contribution in [1.82, 2.24) is 25.4 Å². The van der Waals surface area contributed by atoms with Crippen molar-refractivity contribution in [1.29, 1.82) is 0 Å². The summed E-state index contributed by atoms with van der Waals surface area (Å²) in [5.74, 6) is -1.56. The van der Waals surface area contributed by atoms with E-state index in [9.17, 15) is 19.0 Å². The van der Waals surface area contributed by atoms with E-state index in [1.54, 1.807) is 12.1 Å². The van der Waals surface area contributed by atoms with Gasteiger partial charge in [0.15, 0.2) is 5.69 Å². The van der Waals surface area contributed by atoms with Crippen LogP contribution >= 0.6 is 15.9 Å². The lowest BCUT2D eigenvalue weighted by Gasteiger charge is -2.21. The molecule has 1 amide bonds. The zero-order valence-electron chi connectivity index (χ0n) is 18.4. The molecule has 3 heterocycles. The van der Waals surface area contributed by atoms with Crippen molar-refractivity contribution < 1.29 is 28.0 Å². The molecule has 4 aromatic rings. The van der Waals surface area contributed by atoms with E-state index in [2.05, 4.69) is 42.0 Å². The maximum atomic E-state index is 13.7. The van der Waals surface area contributed by atoms with Crippen LogP contribution in [0.4, 0.5) is 10.2 Å². The van der Waals surface area contributed by atoms with E-state index in [-0.39, 0.29) is 46.5 Å². The van der Waals surface area contributed by atoms with Gasteiger partial charge in [-0.15, -0.1) is 0 Å². The quantitative estimate of drug-likeness (QED) is 0.219. The van der Waals surface area contributed by atoms with E-state index in [1.807, 2.05) is 6.07 Å². The van der Waals surface area contributed by atoms with Gasteiger partial charge in [0.25, 0.3) is 5.91 Å². The number of hydrogen-bond acceptors (Lipinski definition) is 10. The number of amides is 1. The number of carbonyl (C=O) groups is 1. The Balaban J connectivity index is 1.28. The fourth-order valence-corrected chi connectivity index (χ4v) is 4.21. The number of benzene rings is 2. The molecule has 0 atom stereocenters. The molecule has 36 heavy (non-hydrogen) atoms. The molecule has 0 radical (unpaired) electrons. The molecule has 184 valence electrons. The molecule has 0 saturated heterocycles. The lowest BCUT2D eigenvalue weighted by Crippen LogP contribution is -2.46. The highest BCUT2D eigenvalue weighted by Crippen LogP contribution is 2.26. The van der Waals surface area contributed by atoms with Gasteiger partial charge in [0, 0.05) is 25.3 Å². The molecule has 0 spiro atoms. The van der Waals surface area contributed by atoms with Crippen LogP contribution in [0.5, 0.6) is 0 Å². The minimum Gasteiger partial charge on any atom is -0.423 e. The van der Waals surface area contributed by atoms with Gasteiger partial charge in [0.05, 0.1) is 10.2 Å². The van der Waals surface area contributed by atoms with Gasteiger partial charge in [-0.1, -0.05) is 17.3 Å². The Hall–Kier alpha value is -3.82. The number of halogens is 2. The Morgan fingerprint density at radius 1 is 1.22 bits per heavy atom. The Bertz CT molecular complexity index is 1490.